The number of nitrogens with zero attached hydrogens (tertiary/aromatic N) is 2. The Balaban J connectivity index is 1.60. The van der Waals surface area contributed by atoms with E-state index in [4.69, 9.17) is 4.42 Å². The van der Waals surface area contributed by atoms with Crippen LogP contribution in [0.1, 0.15) is 43.0 Å². The summed E-state index contributed by atoms with van der Waals surface area (Å²) in [4.78, 5) is 27.2. The second kappa shape index (κ2) is 10.1. The number of hydrogen-bond donors (Lipinski definition) is 2. The highest BCUT2D eigenvalue weighted by Gasteiger charge is 2.39. The molecular formula is C21H28N4O5S. The lowest BCUT2D eigenvalue weighted by atomic mass is 10.2. The number of carbonyl (C=O) groups is 2. The molecule has 0 aliphatic carbocycles. The van der Waals surface area contributed by atoms with Crippen LogP contribution < -0.4 is 10.9 Å². The number of sulfonamides is 1. The lowest BCUT2D eigenvalue weighted by molar-refractivity contribution is -0.125. The Hall–Kier alpha value is -2.69. The van der Waals surface area contributed by atoms with Crippen molar-refractivity contribution in [2.75, 3.05) is 19.6 Å². The topological polar surface area (TPSA) is 112 Å². The molecule has 1 aliphatic rings. The van der Waals surface area contributed by atoms with E-state index in [-0.39, 0.29) is 17.2 Å². The van der Waals surface area contributed by atoms with Gasteiger partial charge in [-0.1, -0.05) is 32.0 Å². The first-order chi connectivity index (χ1) is 14.9. The summed E-state index contributed by atoms with van der Waals surface area (Å²) in [6, 6.07) is 10.4. The lowest BCUT2D eigenvalue weighted by Gasteiger charge is -2.23. The summed E-state index contributed by atoms with van der Waals surface area (Å²) < 4.78 is 32.5. The van der Waals surface area contributed by atoms with Crippen molar-refractivity contribution in [2.24, 2.45) is 0 Å². The van der Waals surface area contributed by atoms with E-state index in [0.29, 0.717) is 25.1 Å². The van der Waals surface area contributed by atoms with Gasteiger partial charge < -0.3 is 4.42 Å². The van der Waals surface area contributed by atoms with Crippen molar-refractivity contribution in [3.8, 4) is 0 Å². The first-order valence-corrected chi connectivity index (χ1v) is 11.8. The number of furan rings is 1. The molecule has 9 nitrogen and oxygen atoms in total. The van der Waals surface area contributed by atoms with Crippen molar-refractivity contribution in [3.63, 3.8) is 0 Å². The van der Waals surface area contributed by atoms with Crippen LogP contribution in [-0.4, -0.2) is 55.1 Å². The number of hydrogen-bond acceptors (Lipinski definition) is 6. The largest absolute Gasteiger partial charge is 0.454 e. The maximum Gasteiger partial charge on any atom is 0.305 e. The van der Waals surface area contributed by atoms with Crippen LogP contribution in [0.15, 0.2) is 51.8 Å². The SMILES string of the molecule is CCN(CC)Cc1ccc(C(=O)NNC(=O)C2CCCN2S(=O)(=O)c2ccccc2)o1. The summed E-state index contributed by atoms with van der Waals surface area (Å²) in [5.41, 5.74) is 4.65. The fourth-order valence-electron chi connectivity index (χ4n) is 3.53. The van der Waals surface area contributed by atoms with Gasteiger partial charge in [-0.15, -0.1) is 0 Å². The van der Waals surface area contributed by atoms with Crippen LogP contribution in [0.5, 0.6) is 0 Å². The monoisotopic (exact) mass is 448 g/mol. The molecule has 1 unspecified atom stereocenters. The molecule has 1 aromatic heterocycles. The Morgan fingerprint density at radius 2 is 1.81 bits per heavy atom. The second-order valence-corrected chi connectivity index (χ2v) is 9.15. The van der Waals surface area contributed by atoms with Crippen LogP contribution >= 0.6 is 0 Å². The van der Waals surface area contributed by atoms with Crippen molar-refractivity contribution >= 4 is 21.8 Å². The molecule has 0 saturated carbocycles. The van der Waals surface area contributed by atoms with E-state index in [1.165, 1.54) is 16.4 Å². The number of rotatable bonds is 8. The molecule has 2 amide bonds. The Labute approximate surface area is 182 Å². The highest BCUT2D eigenvalue weighted by Crippen LogP contribution is 2.26. The summed E-state index contributed by atoms with van der Waals surface area (Å²) in [7, 11) is -3.80. The van der Waals surface area contributed by atoms with Gasteiger partial charge in [-0.05, 0) is 50.2 Å². The maximum atomic E-state index is 12.9. The minimum atomic E-state index is -3.80. The van der Waals surface area contributed by atoms with E-state index in [0.717, 1.165) is 13.1 Å². The van der Waals surface area contributed by atoms with Gasteiger partial charge in [0.15, 0.2) is 5.76 Å². The molecule has 10 heteroatoms. The van der Waals surface area contributed by atoms with Gasteiger partial charge in [0.2, 0.25) is 10.0 Å². The van der Waals surface area contributed by atoms with E-state index in [1.807, 2.05) is 13.8 Å². The first-order valence-electron chi connectivity index (χ1n) is 10.3. The molecule has 0 bridgehead atoms. The molecule has 1 aromatic carbocycles. The molecule has 2 N–H and O–H groups in total. The van der Waals surface area contributed by atoms with Crippen LogP contribution in [0.3, 0.4) is 0 Å². The van der Waals surface area contributed by atoms with Gasteiger partial charge in [0.1, 0.15) is 11.8 Å². The zero-order valence-corrected chi connectivity index (χ0v) is 18.5. The summed E-state index contributed by atoms with van der Waals surface area (Å²) >= 11 is 0. The Kier molecular flexibility index (Phi) is 7.47. The lowest BCUT2D eigenvalue weighted by Crippen LogP contribution is -2.51. The van der Waals surface area contributed by atoms with Crippen molar-refractivity contribution < 1.29 is 22.4 Å². The molecule has 0 radical (unpaired) electrons. The second-order valence-electron chi connectivity index (χ2n) is 7.26. The van der Waals surface area contributed by atoms with E-state index < -0.39 is 27.9 Å². The Bertz CT molecular complexity index is 1000. The number of amides is 2. The molecule has 168 valence electrons. The minimum Gasteiger partial charge on any atom is -0.454 e. The van der Waals surface area contributed by atoms with Gasteiger partial charge in [-0.2, -0.15) is 4.31 Å². The fraction of sp³-hybridized carbons (Fsp3) is 0.429. The Morgan fingerprint density at radius 3 is 2.48 bits per heavy atom. The standard InChI is InChI=1S/C21H28N4O5S/c1-3-24(4-2)15-16-12-13-19(30-16)21(27)23-22-20(26)18-11-8-14-25(18)31(28,29)17-9-6-5-7-10-17/h5-7,9-10,12-13,18H,3-4,8,11,14-15H2,1-2H3,(H,22,26)(H,23,27). The number of hydrazine groups is 1. The molecule has 1 fully saturated rings. The normalized spacial score (nSPS) is 17.1. The quantitative estimate of drug-likeness (QED) is 0.595. The van der Waals surface area contributed by atoms with Crippen molar-refractivity contribution in [3.05, 3.63) is 54.0 Å². The van der Waals surface area contributed by atoms with Crippen molar-refractivity contribution in [1.29, 1.82) is 0 Å². The van der Waals surface area contributed by atoms with Crippen molar-refractivity contribution in [2.45, 2.75) is 44.2 Å². The number of carbonyl (C=O) groups excluding carboxylic acids is 2. The van der Waals surface area contributed by atoms with Crippen molar-refractivity contribution in [1.82, 2.24) is 20.1 Å². The van der Waals surface area contributed by atoms with Crippen LogP contribution in [-0.2, 0) is 21.4 Å². The van der Waals surface area contributed by atoms with Crippen LogP contribution in [0, 0.1) is 0 Å². The van der Waals surface area contributed by atoms with E-state index in [1.54, 1.807) is 30.3 Å². The number of benzene rings is 1. The van der Waals surface area contributed by atoms with E-state index in [9.17, 15) is 18.0 Å². The molecule has 0 spiro atoms. The highest BCUT2D eigenvalue weighted by atomic mass is 32.2. The molecular weight excluding hydrogens is 420 g/mol. The fourth-order valence-corrected chi connectivity index (χ4v) is 5.21. The van der Waals surface area contributed by atoms with Crippen LogP contribution in [0.25, 0.3) is 0 Å². The van der Waals surface area contributed by atoms with Gasteiger partial charge in [0.05, 0.1) is 11.4 Å². The third-order valence-corrected chi connectivity index (χ3v) is 7.24. The third-order valence-electron chi connectivity index (χ3n) is 5.31. The third kappa shape index (κ3) is 5.33. The molecule has 31 heavy (non-hydrogen) atoms. The van der Waals surface area contributed by atoms with Gasteiger partial charge in [0.25, 0.3) is 5.91 Å². The van der Waals surface area contributed by atoms with Gasteiger partial charge >= 0.3 is 5.91 Å². The summed E-state index contributed by atoms with van der Waals surface area (Å²) in [5, 5.41) is 0. The van der Waals surface area contributed by atoms with Crippen LogP contribution in [0.2, 0.25) is 0 Å². The summed E-state index contributed by atoms with van der Waals surface area (Å²) in [6.45, 7) is 6.63. The number of nitrogens with one attached hydrogen (secondary N) is 2. The van der Waals surface area contributed by atoms with E-state index >= 15 is 0 Å². The molecule has 1 saturated heterocycles. The minimum absolute atomic E-state index is 0.0719. The molecule has 2 aromatic rings. The van der Waals surface area contributed by atoms with Gasteiger partial charge in [-0.25, -0.2) is 8.42 Å². The smallest absolute Gasteiger partial charge is 0.305 e. The predicted octanol–water partition coefficient (Wildman–Crippen LogP) is 1.74. The highest BCUT2D eigenvalue weighted by molar-refractivity contribution is 7.89. The van der Waals surface area contributed by atoms with E-state index in [2.05, 4.69) is 15.8 Å². The molecule has 1 atom stereocenters. The first kappa shape index (κ1) is 23.0. The van der Waals surface area contributed by atoms with Gasteiger partial charge in [0, 0.05) is 6.54 Å². The summed E-state index contributed by atoms with van der Waals surface area (Å²) in [6.07, 6.45) is 0.938. The zero-order valence-electron chi connectivity index (χ0n) is 17.7. The summed E-state index contributed by atoms with van der Waals surface area (Å²) in [5.74, 6) is -0.464. The average Bonchev–Trinajstić information content (AvgIpc) is 3.46. The van der Waals surface area contributed by atoms with Crippen LogP contribution in [0.4, 0.5) is 0 Å². The zero-order chi connectivity index (χ0) is 22.4. The maximum absolute atomic E-state index is 12.9. The van der Waals surface area contributed by atoms with Gasteiger partial charge in [-0.3, -0.25) is 25.3 Å². The predicted molar refractivity (Wildman–Crippen MR) is 114 cm³/mol. The average molecular weight is 449 g/mol. The molecule has 1 aliphatic heterocycles. The molecule has 3 rings (SSSR count). The molecule has 2 heterocycles. The Morgan fingerprint density at radius 1 is 1.10 bits per heavy atom.